The summed E-state index contributed by atoms with van der Waals surface area (Å²) in [5.74, 6) is 0.527. The Balaban J connectivity index is 2.39. The largest absolute Gasteiger partial charge is 0.484 e. The lowest BCUT2D eigenvalue weighted by Gasteiger charge is -2.16. The molecule has 0 bridgehead atoms. The number of hydrogen-bond acceptors (Lipinski definition) is 3. The van der Waals surface area contributed by atoms with E-state index in [0.29, 0.717) is 23.9 Å². The molecule has 0 heterocycles. The van der Waals surface area contributed by atoms with Gasteiger partial charge in [-0.25, -0.2) is 0 Å². The van der Waals surface area contributed by atoms with Gasteiger partial charge in [0.25, 0.3) is 5.91 Å². The van der Waals surface area contributed by atoms with Crippen LogP contribution in [0.5, 0.6) is 5.75 Å². The maximum absolute atomic E-state index is 11.5. The molecule has 4 nitrogen and oxygen atoms in total. The summed E-state index contributed by atoms with van der Waals surface area (Å²) in [4.78, 5) is 13.0. The van der Waals surface area contributed by atoms with Crippen molar-refractivity contribution < 1.29 is 9.53 Å². The zero-order valence-electron chi connectivity index (χ0n) is 9.15. The molecule has 0 saturated carbocycles. The topological polar surface area (TPSA) is 55.6 Å². The summed E-state index contributed by atoms with van der Waals surface area (Å²) < 4.78 is 5.30. The Labute approximate surface area is 99.9 Å². The molecule has 5 heteroatoms. The van der Waals surface area contributed by atoms with Crippen molar-refractivity contribution in [2.75, 3.05) is 26.7 Å². The number of halogens is 1. The lowest BCUT2D eigenvalue weighted by molar-refractivity contribution is -0.131. The van der Waals surface area contributed by atoms with E-state index in [4.69, 9.17) is 22.1 Å². The molecule has 1 amide bonds. The zero-order valence-corrected chi connectivity index (χ0v) is 9.91. The van der Waals surface area contributed by atoms with E-state index in [1.54, 1.807) is 31.3 Å². The highest BCUT2D eigenvalue weighted by molar-refractivity contribution is 6.30. The average Bonchev–Trinajstić information content (AvgIpc) is 2.28. The van der Waals surface area contributed by atoms with Crippen molar-refractivity contribution in [1.29, 1.82) is 0 Å². The Kier molecular flexibility index (Phi) is 5.08. The molecule has 0 atom stereocenters. The third kappa shape index (κ3) is 4.08. The molecule has 0 spiro atoms. The summed E-state index contributed by atoms with van der Waals surface area (Å²) >= 11 is 5.72. The van der Waals surface area contributed by atoms with Gasteiger partial charge in [-0.05, 0) is 24.3 Å². The van der Waals surface area contributed by atoms with Crippen LogP contribution in [0.1, 0.15) is 0 Å². The van der Waals surface area contributed by atoms with Gasteiger partial charge in [-0.15, -0.1) is 0 Å². The second-order valence-electron chi connectivity index (χ2n) is 3.35. The van der Waals surface area contributed by atoms with Crippen LogP contribution in [-0.4, -0.2) is 37.6 Å². The highest BCUT2D eigenvalue weighted by atomic mass is 35.5. The molecule has 0 unspecified atom stereocenters. The van der Waals surface area contributed by atoms with Crippen LogP contribution in [0.25, 0.3) is 0 Å². The number of nitrogens with two attached hydrogens (primary N) is 1. The molecule has 0 aliphatic carbocycles. The molecule has 2 N–H and O–H groups in total. The molecule has 16 heavy (non-hydrogen) atoms. The summed E-state index contributed by atoms with van der Waals surface area (Å²) in [7, 11) is 1.69. The number of carbonyl (C=O) groups excluding carboxylic acids is 1. The zero-order chi connectivity index (χ0) is 12.0. The Bertz CT molecular complexity index is 340. The monoisotopic (exact) mass is 242 g/mol. The molecule has 1 aromatic carbocycles. The second kappa shape index (κ2) is 6.35. The first kappa shape index (κ1) is 12.8. The van der Waals surface area contributed by atoms with Gasteiger partial charge >= 0.3 is 0 Å². The molecule has 88 valence electrons. The molecular weight excluding hydrogens is 228 g/mol. The highest BCUT2D eigenvalue weighted by Gasteiger charge is 2.08. The van der Waals surface area contributed by atoms with Crippen molar-refractivity contribution in [2.45, 2.75) is 0 Å². The number of ether oxygens (including phenoxy) is 1. The van der Waals surface area contributed by atoms with E-state index in [0.717, 1.165) is 0 Å². The number of carbonyl (C=O) groups is 1. The van der Waals surface area contributed by atoms with Crippen LogP contribution in [0.3, 0.4) is 0 Å². The fourth-order valence-corrected chi connectivity index (χ4v) is 1.23. The van der Waals surface area contributed by atoms with Gasteiger partial charge in [-0.3, -0.25) is 4.79 Å². The van der Waals surface area contributed by atoms with E-state index in [9.17, 15) is 4.79 Å². The van der Waals surface area contributed by atoms with Gasteiger partial charge in [0.2, 0.25) is 0 Å². The summed E-state index contributed by atoms with van der Waals surface area (Å²) in [6, 6.07) is 6.87. The van der Waals surface area contributed by atoms with Crippen molar-refractivity contribution in [3.63, 3.8) is 0 Å². The minimum atomic E-state index is -0.0969. The fourth-order valence-electron chi connectivity index (χ4n) is 1.10. The van der Waals surface area contributed by atoms with E-state index in [1.807, 2.05) is 0 Å². The van der Waals surface area contributed by atoms with Gasteiger partial charge in [-0.2, -0.15) is 0 Å². The molecule has 0 saturated heterocycles. The minimum absolute atomic E-state index is 0.0120. The quantitative estimate of drug-likeness (QED) is 0.842. The van der Waals surface area contributed by atoms with E-state index >= 15 is 0 Å². The Morgan fingerprint density at radius 3 is 2.62 bits per heavy atom. The molecule has 0 aromatic heterocycles. The molecule has 0 aliphatic heterocycles. The first-order valence-corrected chi connectivity index (χ1v) is 5.33. The van der Waals surface area contributed by atoms with E-state index in [2.05, 4.69) is 0 Å². The van der Waals surface area contributed by atoms with Crippen molar-refractivity contribution in [3.05, 3.63) is 29.3 Å². The lowest BCUT2D eigenvalue weighted by Crippen LogP contribution is -2.35. The van der Waals surface area contributed by atoms with Crippen molar-refractivity contribution >= 4 is 17.5 Å². The SMILES string of the molecule is CN(CCN)C(=O)COc1ccc(Cl)cc1. The van der Waals surface area contributed by atoms with Gasteiger partial charge in [0.15, 0.2) is 6.61 Å². The first-order valence-electron chi connectivity index (χ1n) is 4.96. The van der Waals surface area contributed by atoms with Crippen LogP contribution in [-0.2, 0) is 4.79 Å². The fraction of sp³-hybridized carbons (Fsp3) is 0.364. The van der Waals surface area contributed by atoms with Gasteiger partial charge in [-0.1, -0.05) is 11.6 Å². The standard InChI is InChI=1S/C11H15ClN2O2/c1-14(7-6-13)11(15)8-16-10-4-2-9(12)3-5-10/h2-5H,6-8,13H2,1H3. The van der Waals surface area contributed by atoms with E-state index in [1.165, 1.54) is 4.90 Å². The average molecular weight is 243 g/mol. The number of amides is 1. The summed E-state index contributed by atoms with van der Waals surface area (Å²) in [6.07, 6.45) is 0. The summed E-state index contributed by atoms with van der Waals surface area (Å²) in [6.45, 7) is 0.990. The number of nitrogens with zero attached hydrogens (tertiary/aromatic N) is 1. The van der Waals surface area contributed by atoms with Gasteiger partial charge < -0.3 is 15.4 Å². The van der Waals surface area contributed by atoms with Crippen molar-refractivity contribution in [1.82, 2.24) is 4.90 Å². The molecule has 0 aliphatic rings. The van der Waals surface area contributed by atoms with Crippen LogP contribution in [0.2, 0.25) is 5.02 Å². The van der Waals surface area contributed by atoms with Gasteiger partial charge in [0.05, 0.1) is 0 Å². The van der Waals surface area contributed by atoms with Crippen LogP contribution in [0, 0.1) is 0 Å². The summed E-state index contributed by atoms with van der Waals surface area (Å²) in [5, 5.41) is 0.638. The Morgan fingerprint density at radius 2 is 2.06 bits per heavy atom. The number of hydrogen-bond donors (Lipinski definition) is 1. The van der Waals surface area contributed by atoms with Crippen molar-refractivity contribution in [2.24, 2.45) is 5.73 Å². The minimum Gasteiger partial charge on any atom is -0.484 e. The van der Waals surface area contributed by atoms with E-state index < -0.39 is 0 Å². The predicted molar refractivity (Wildman–Crippen MR) is 63.6 cm³/mol. The first-order chi connectivity index (χ1) is 7.63. The maximum Gasteiger partial charge on any atom is 0.260 e. The smallest absolute Gasteiger partial charge is 0.260 e. The number of rotatable bonds is 5. The lowest BCUT2D eigenvalue weighted by atomic mass is 10.3. The van der Waals surface area contributed by atoms with Crippen LogP contribution < -0.4 is 10.5 Å². The van der Waals surface area contributed by atoms with Crippen molar-refractivity contribution in [3.8, 4) is 5.75 Å². The third-order valence-electron chi connectivity index (χ3n) is 2.07. The number of likely N-dealkylation sites (N-methyl/N-ethyl adjacent to an activating group) is 1. The van der Waals surface area contributed by atoms with Crippen LogP contribution in [0.15, 0.2) is 24.3 Å². The van der Waals surface area contributed by atoms with E-state index in [-0.39, 0.29) is 12.5 Å². The molecule has 0 fully saturated rings. The van der Waals surface area contributed by atoms with Gasteiger partial charge in [0, 0.05) is 25.2 Å². The Morgan fingerprint density at radius 1 is 1.44 bits per heavy atom. The maximum atomic E-state index is 11.5. The number of benzene rings is 1. The van der Waals surface area contributed by atoms with Crippen LogP contribution in [0.4, 0.5) is 0 Å². The Hall–Kier alpha value is -1.26. The molecule has 0 radical (unpaired) electrons. The van der Waals surface area contributed by atoms with Crippen LogP contribution >= 0.6 is 11.6 Å². The molecule has 1 rings (SSSR count). The summed E-state index contributed by atoms with van der Waals surface area (Å²) in [5.41, 5.74) is 5.34. The normalized spacial score (nSPS) is 9.94. The third-order valence-corrected chi connectivity index (χ3v) is 2.32. The van der Waals surface area contributed by atoms with Gasteiger partial charge in [0.1, 0.15) is 5.75 Å². The molecular formula is C11H15ClN2O2. The predicted octanol–water partition coefficient (Wildman–Crippen LogP) is 1.14. The second-order valence-corrected chi connectivity index (χ2v) is 3.78. The highest BCUT2D eigenvalue weighted by Crippen LogP contribution is 2.15. The molecule has 1 aromatic rings.